The van der Waals surface area contributed by atoms with E-state index in [1.54, 1.807) is 51.1 Å². The van der Waals surface area contributed by atoms with Gasteiger partial charge in [-0.1, -0.05) is 88.5 Å². The molecule has 0 radical (unpaired) electrons. The maximum absolute atomic E-state index is 14.3. The Hall–Kier alpha value is -5.50. The fraction of sp³-hybridized carbons (Fsp3) is 0.560. The first kappa shape index (κ1) is 43.7. The third-order valence-electron chi connectivity index (χ3n) is 14.7. The standard InChI is InChI=1S/C50H65N9O5/c51-49-44(30-41(53-54-49)40-16-11-12-19-45(40)60)59-33-38(31-52-59)56-27-26-55(34-47(56)62)37-22-20-36(21-23-37)39-17-13-18-42-48(39)64-29-28-57(42)43-24-25-46(61)58(50(43)63)32-35-14-9-7-5-3-1-2-4-6-8-10-15-35/h11-13,16-19,30-31,33,35-37,43,60H,1-10,14-15,20-29,32,34H2,(H2,51,54)/t36?,37?,43-/m0/s1. The van der Waals surface area contributed by atoms with Gasteiger partial charge in [0.15, 0.2) is 5.82 Å². The van der Waals surface area contributed by atoms with Gasteiger partial charge in [-0.25, -0.2) is 4.68 Å². The van der Waals surface area contributed by atoms with E-state index in [-0.39, 0.29) is 35.3 Å². The summed E-state index contributed by atoms with van der Waals surface area (Å²) < 4.78 is 8.06. The van der Waals surface area contributed by atoms with Crippen LogP contribution in [-0.4, -0.2) is 104 Å². The Morgan fingerprint density at radius 2 is 1.48 bits per heavy atom. The molecule has 3 amide bonds. The lowest BCUT2D eigenvalue weighted by Crippen LogP contribution is -2.57. The van der Waals surface area contributed by atoms with E-state index in [0.29, 0.717) is 86.1 Å². The number of hydrogen-bond acceptors (Lipinski definition) is 11. The van der Waals surface area contributed by atoms with Crippen LogP contribution in [0, 0.1) is 5.92 Å². The molecule has 0 spiro atoms. The van der Waals surface area contributed by atoms with Crippen LogP contribution in [0.25, 0.3) is 16.9 Å². The van der Waals surface area contributed by atoms with Crippen molar-refractivity contribution in [3.05, 3.63) is 66.5 Å². The number of ether oxygens (including phenoxy) is 1. The second-order valence-electron chi connectivity index (χ2n) is 18.8. The second-order valence-corrected chi connectivity index (χ2v) is 18.8. The molecule has 4 aromatic rings. The highest BCUT2D eigenvalue weighted by molar-refractivity contribution is 6.02. The van der Waals surface area contributed by atoms with Gasteiger partial charge >= 0.3 is 0 Å². The Bertz CT molecular complexity index is 2260. The van der Waals surface area contributed by atoms with Crippen molar-refractivity contribution in [2.24, 2.45) is 5.92 Å². The van der Waals surface area contributed by atoms with Crippen LogP contribution in [0.5, 0.6) is 11.5 Å². The van der Waals surface area contributed by atoms with Gasteiger partial charge in [0.2, 0.25) is 11.8 Å². The molecule has 3 N–H and O–H groups in total. The summed E-state index contributed by atoms with van der Waals surface area (Å²) in [5.74, 6) is 1.86. The van der Waals surface area contributed by atoms with Crippen LogP contribution >= 0.6 is 0 Å². The second kappa shape index (κ2) is 20.1. The van der Waals surface area contributed by atoms with Crippen molar-refractivity contribution >= 4 is 34.9 Å². The number of anilines is 3. The van der Waals surface area contributed by atoms with Crippen molar-refractivity contribution in [1.29, 1.82) is 0 Å². The highest BCUT2D eigenvalue weighted by atomic mass is 16.5. The lowest BCUT2D eigenvalue weighted by Gasteiger charge is -2.43. The number of aromatic hydroxyl groups is 1. The SMILES string of the molecule is Nc1nnc(-c2ccccc2O)cc1-n1cc(N2CCN(C3CCC(c4cccc5c4OCCN5[C@H]4CCC(=O)N(CC5CCCCCCCCCCCC5)C4=O)CC3)CC2=O)cn1. The Labute approximate surface area is 377 Å². The van der Waals surface area contributed by atoms with E-state index in [2.05, 4.69) is 43.3 Å². The Balaban J connectivity index is 0.809. The third kappa shape index (κ3) is 9.62. The molecule has 14 nitrogen and oxygen atoms in total. The predicted octanol–water partition coefficient (Wildman–Crippen LogP) is 8.02. The van der Waals surface area contributed by atoms with Crippen LogP contribution < -0.4 is 20.3 Å². The summed E-state index contributed by atoms with van der Waals surface area (Å²) in [5, 5.41) is 23.2. The number of amides is 3. The minimum absolute atomic E-state index is 0.00673. The molecule has 14 heteroatoms. The summed E-state index contributed by atoms with van der Waals surface area (Å²) in [6.07, 6.45) is 23.3. The van der Waals surface area contributed by atoms with Crippen LogP contribution in [0.15, 0.2) is 60.9 Å². The molecule has 2 saturated carbocycles. The van der Waals surface area contributed by atoms with Gasteiger partial charge in [0.25, 0.3) is 5.91 Å². The summed E-state index contributed by atoms with van der Waals surface area (Å²) in [5.41, 5.74) is 10.6. The van der Waals surface area contributed by atoms with Crippen LogP contribution in [0.4, 0.5) is 17.2 Å². The van der Waals surface area contributed by atoms with Gasteiger partial charge in [-0.15, -0.1) is 10.2 Å². The van der Waals surface area contributed by atoms with Gasteiger partial charge in [-0.2, -0.15) is 5.10 Å². The molecule has 2 saturated heterocycles. The van der Waals surface area contributed by atoms with E-state index in [1.807, 2.05) is 6.07 Å². The van der Waals surface area contributed by atoms with Crippen LogP contribution in [0.3, 0.4) is 0 Å². The molecule has 0 bridgehead atoms. The monoisotopic (exact) mass is 872 g/mol. The fourth-order valence-corrected chi connectivity index (χ4v) is 11.1. The molecule has 3 aliphatic heterocycles. The topological polar surface area (TPSA) is 163 Å². The number of aromatic nitrogens is 4. The summed E-state index contributed by atoms with van der Waals surface area (Å²) >= 11 is 0. The molecule has 2 aromatic carbocycles. The maximum atomic E-state index is 14.3. The number of imide groups is 1. The quantitative estimate of drug-likeness (QED) is 0.165. The molecular formula is C50H65N9O5. The number of nitrogens with zero attached hydrogens (tertiary/aromatic N) is 8. The highest BCUT2D eigenvalue weighted by Crippen LogP contribution is 2.45. The van der Waals surface area contributed by atoms with Crippen molar-refractivity contribution in [3.8, 4) is 28.4 Å². The normalized spacial score (nSPS) is 23.8. The first-order chi connectivity index (χ1) is 31.3. The third-order valence-corrected chi connectivity index (χ3v) is 14.7. The van der Waals surface area contributed by atoms with E-state index in [0.717, 1.165) is 56.5 Å². The van der Waals surface area contributed by atoms with E-state index < -0.39 is 0 Å². The number of para-hydroxylation sites is 2. The molecule has 5 heterocycles. The number of rotatable bonds is 8. The number of nitrogen functional groups attached to an aromatic ring is 1. The number of phenolic OH excluding ortho intramolecular Hbond substituents is 1. The van der Waals surface area contributed by atoms with Gasteiger partial charge < -0.3 is 25.4 Å². The van der Waals surface area contributed by atoms with Crippen molar-refractivity contribution in [2.45, 2.75) is 134 Å². The van der Waals surface area contributed by atoms with Crippen LogP contribution in [0.1, 0.15) is 127 Å². The lowest BCUT2D eigenvalue weighted by atomic mass is 9.80. The number of phenols is 1. The number of hydrogen-bond donors (Lipinski definition) is 2. The van der Waals surface area contributed by atoms with Crippen molar-refractivity contribution in [3.63, 3.8) is 0 Å². The number of piperidine rings is 1. The first-order valence-corrected chi connectivity index (χ1v) is 24.2. The molecule has 340 valence electrons. The van der Waals surface area contributed by atoms with E-state index >= 15 is 0 Å². The molecule has 2 aromatic heterocycles. The number of nitrogens with two attached hydrogens (primary N) is 1. The van der Waals surface area contributed by atoms with E-state index in [1.165, 1.54) is 69.8 Å². The summed E-state index contributed by atoms with van der Waals surface area (Å²) in [7, 11) is 0. The maximum Gasteiger partial charge on any atom is 0.251 e. The predicted molar refractivity (Wildman–Crippen MR) is 248 cm³/mol. The minimum Gasteiger partial charge on any atom is -0.507 e. The van der Waals surface area contributed by atoms with Crippen molar-refractivity contribution in [2.75, 3.05) is 54.9 Å². The smallest absolute Gasteiger partial charge is 0.251 e. The molecule has 64 heavy (non-hydrogen) atoms. The Morgan fingerprint density at radius 3 is 2.22 bits per heavy atom. The summed E-state index contributed by atoms with van der Waals surface area (Å²) in [4.78, 5) is 49.5. The molecule has 4 fully saturated rings. The van der Waals surface area contributed by atoms with Crippen molar-refractivity contribution < 1.29 is 24.2 Å². The van der Waals surface area contributed by atoms with Gasteiger partial charge in [0.05, 0.1) is 42.6 Å². The Kier molecular flexibility index (Phi) is 13.8. The van der Waals surface area contributed by atoms with E-state index in [9.17, 15) is 19.5 Å². The summed E-state index contributed by atoms with van der Waals surface area (Å²) in [6, 6.07) is 15.0. The summed E-state index contributed by atoms with van der Waals surface area (Å²) in [6.45, 7) is 3.35. The molecule has 2 aliphatic carbocycles. The average Bonchev–Trinajstić information content (AvgIpc) is 3.81. The van der Waals surface area contributed by atoms with Crippen molar-refractivity contribution in [1.82, 2.24) is 29.8 Å². The average molecular weight is 872 g/mol. The van der Waals surface area contributed by atoms with Gasteiger partial charge in [-0.05, 0) is 86.6 Å². The Morgan fingerprint density at radius 1 is 0.750 bits per heavy atom. The van der Waals surface area contributed by atoms with Gasteiger partial charge in [0.1, 0.15) is 29.8 Å². The van der Waals surface area contributed by atoms with Gasteiger partial charge in [0, 0.05) is 37.7 Å². The number of carbonyl (C=O) groups is 3. The number of likely N-dealkylation sites (tertiary alicyclic amines) is 1. The zero-order valence-electron chi connectivity index (χ0n) is 37.3. The minimum atomic E-state index is -0.361. The zero-order valence-corrected chi connectivity index (χ0v) is 37.3. The first-order valence-electron chi connectivity index (χ1n) is 24.2. The molecular weight excluding hydrogens is 807 g/mol. The number of piperazine rings is 1. The number of benzene rings is 2. The molecule has 9 rings (SSSR count). The number of fused-ring (bicyclic) bond motifs is 1. The van der Waals surface area contributed by atoms with Gasteiger partial charge in [-0.3, -0.25) is 24.2 Å². The zero-order chi connectivity index (χ0) is 44.0. The van der Waals surface area contributed by atoms with Crippen LogP contribution in [0.2, 0.25) is 0 Å². The number of carbonyl (C=O) groups excluding carboxylic acids is 3. The van der Waals surface area contributed by atoms with Crippen LogP contribution in [-0.2, 0) is 14.4 Å². The lowest BCUT2D eigenvalue weighted by molar-refractivity contribution is -0.150. The highest BCUT2D eigenvalue weighted by Gasteiger charge is 2.41. The fourth-order valence-electron chi connectivity index (χ4n) is 11.1. The molecule has 5 aliphatic rings. The molecule has 0 unspecified atom stereocenters. The molecule has 1 atom stereocenters. The van der Waals surface area contributed by atoms with E-state index in [4.69, 9.17) is 10.5 Å². The largest absolute Gasteiger partial charge is 0.507 e.